The molecule has 1 aliphatic rings. The van der Waals surface area contributed by atoms with Crippen molar-refractivity contribution in [3.63, 3.8) is 0 Å². The SMILES string of the molecule is CCO[C@@H]1C[C@@H]1C(=O)O. The monoisotopic (exact) mass is 130 g/mol. The molecule has 0 amide bonds. The lowest BCUT2D eigenvalue weighted by atomic mass is 10.4. The molecule has 2 atom stereocenters. The second-order valence-corrected chi connectivity index (χ2v) is 2.17. The number of carboxylic acids is 1. The lowest BCUT2D eigenvalue weighted by Gasteiger charge is -1.93. The van der Waals surface area contributed by atoms with Crippen LogP contribution in [0.3, 0.4) is 0 Å². The maximum absolute atomic E-state index is 10.2. The molecule has 0 aromatic carbocycles. The summed E-state index contributed by atoms with van der Waals surface area (Å²) in [7, 11) is 0. The summed E-state index contributed by atoms with van der Waals surface area (Å²) in [5.41, 5.74) is 0. The molecule has 3 heteroatoms. The van der Waals surface area contributed by atoms with Gasteiger partial charge in [-0.2, -0.15) is 0 Å². The normalized spacial score (nSPS) is 32.1. The van der Waals surface area contributed by atoms with Gasteiger partial charge in [0, 0.05) is 6.61 Å². The fourth-order valence-corrected chi connectivity index (χ4v) is 0.830. The van der Waals surface area contributed by atoms with Gasteiger partial charge in [0.15, 0.2) is 0 Å². The van der Waals surface area contributed by atoms with Gasteiger partial charge in [-0.1, -0.05) is 0 Å². The van der Waals surface area contributed by atoms with E-state index in [0.717, 1.165) is 0 Å². The molecule has 9 heavy (non-hydrogen) atoms. The molecule has 1 aliphatic carbocycles. The van der Waals surface area contributed by atoms with Gasteiger partial charge >= 0.3 is 5.97 Å². The molecule has 1 saturated carbocycles. The molecule has 1 rings (SSSR count). The lowest BCUT2D eigenvalue weighted by Crippen LogP contribution is -2.04. The van der Waals surface area contributed by atoms with E-state index in [1.807, 2.05) is 6.92 Å². The summed E-state index contributed by atoms with van der Waals surface area (Å²) < 4.78 is 5.05. The highest BCUT2D eigenvalue weighted by atomic mass is 16.5. The number of rotatable bonds is 3. The van der Waals surface area contributed by atoms with Crippen molar-refractivity contribution in [2.45, 2.75) is 19.4 Å². The van der Waals surface area contributed by atoms with Crippen LogP contribution in [0, 0.1) is 5.92 Å². The van der Waals surface area contributed by atoms with Gasteiger partial charge in [-0.3, -0.25) is 4.79 Å². The molecule has 0 heterocycles. The number of aliphatic carboxylic acids is 1. The van der Waals surface area contributed by atoms with E-state index < -0.39 is 5.97 Å². The van der Waals surface area contributed by atoms with Gasteiger partial charge in [-0.25, -0.2) is 0 Å². The van der Waals surface area contributed by atoms with E-state index >= 15 is 0 Å². The Balaban J connectivity index is 2.17. The molecule has 0 aromatic heterocycles. The van der Waals surface area contributed by atoms with Gasteiger partial charge in [0.05, 0.1) is 12.0 Å². The van der Waals surface area contributed by atoms with E-state index in [2.05, 4.69) is 0 Å². The van der Waals surface area contributed by atoms with Gasteiger partial charge in [0.2, 0.25) is 0 Å². The van der Waals surface area contributed by atoms with Crippen LogP contribution in [0.15, 0.2) is 0 Å². The summed E-state index contributed by atoms with van der Waals surface area (Å²) >= 11 is 0. The molecule has 0 unspecified atom stereocenters. The zero-order valence-corrected chi connectivity index (χ0v) is 5.33. The van der Waals surface area contributed by atoms with Crippen LogP contribution in [0.2, 0.25) is 0 Å². The van der Waals surface area contributed by atoms with Crippen LogP contribution < -0.4 is 0 Å². The van der Waals surface area contributed by atoms with Crippen molar-refractivity contribution in [1.82, 2.24) is 0 Å². The van der Waals surface area contributed by atoms with Crippen molar-refractivity contribution in [3.8, 4) is 0 Å². The largest absolute Gasteiger partial charge is 0.481 e. The Bertz CT molecular complexity index is 121. The number of hydrogen-bond acceptors (Lipinski definition) is 2. The van der Waals surface area contributed by atoms with Crippen molar-refractivity contribution in [2.24, 2.45) is 5.92 Å². The number of ether oxygens (including phenoxy) is 1. The first kappa shape index (κ1) is 6.55. The second-order valence-electron chi connectivity index (χ2n) is 2.17. The molecule has 0 spiro atoms. The minimum absolute atomic E-state index is 0.00694. The van der Waals surface area contributed by atoms with Crippen molar-refractivity contribution < 1.29 is 14.6 Å². The van der Waals surface area contributed by atoms with E-state index in [9.17, 15) is 4.79 Å². The van der Waals surface area contributed by atoms with Gasteiger partial charge in [-0.05, 0) is 13.3 Å². The molecule has 0 radical (unpaired) electrons. The molecule has 1 fully saturated rings. The van der Waals surface area contributed by atoms with E-state index in [1.165, 1.54) is 0 Å². The van der Waals surface area contributed by atoms with Crippen LogP contribution in [-0.4, -0.2) is 23.8 Å². The Morgan fingerprint density at radius 3 is 2.89 bits per heavy atom. The van der Waals surface area contributed by atoms with Gasteiger partial charge < -0.3 is 9.84 Å². The first-order valence-corrected chi connectivity index (χ1v) is 3.10. The summed E-state index contributed by atoms with van der Waals surface area (Å²) in [6, 6.07) is 0. The van der Waals surface area contributed by atoms with Crippen molar-refractivity contribution in [2.75, 3.05) is 6.61 Å². The third kappa shape index (κ3) is 1.42. The minimum Gasteiger partial charge on any atom is -0.481 e. The number of carboxylic acid groups (broad SMARTS) is 1. The molecule has 0 saturated heterocycles. The average molecular weight is 130 g/mol. The molecule has 0 bridgehead atoms. The fourth-order valence-electron chi connectivity index (χ4n) is 0.830. The first-order chi connectivity index (χ1) is 4.25. The van der Waals surface area contributed by atoms with Crippen LogP contribution in [0.4, 0.5) is 0 Å². The zero-order chi connectivity index (χ0) is 6.85. The summed E-state index contributed by atoms with van der Waals surface area (Å²) in [6.07, 6.45) is 0.705. The molecule has 1 N–H and O–H groups in total. The Morgan fingerprint density at radius 1 is 1.89 bits per heavy atom. The fraction of sp³-hybridized carbons (Fsp3) is 0.833. The van der Waals surface area contributed by atoms with E-state index in [1.54, 1.807) is 0 Å². The third-order valence-electron chi connectivity index (χ3n) is 1.43. The predicted molar refractivity (Wildman–Crippen MR) is 31.2 cm³/mol. The predicted octanol–water partition coefficient (Wildman–Crippen LogP) is 0.496. The summed E-state index contributed by atoms with van der Waals surface area (Å²) in [5.74, 6) is -0.946. The highest BCUT2D eigenvalue weighted by molar-refractivity contribution is 5.74. The summed E-state index contributed by atoms with van der Waals surface area (Å²) in [4.78, 5) is 10.2. The maximum Gasteiger partial charge on any atom is 0.309 e. The average Bonchev–Trinajstić information content (AvgIpc) is 2.47. The van der Waals surface area contributed by atoms with Gasteiger partial charge in [0.1, 0.15) is 0 Å². The Morgan fingerprint density at radius 2 is 2.56 bits per heavy atom. The molecule has 0 aromatic rings. The van der Waals surface area contributed by atoms with Crippen molar-refractivity contribution in [3.05, 3.63) is 0 Å². The molecule has 3 nitrogen and oxygen atoms in total. The Labute approximate surface area is 53.6 Å². The van der Waals surface area contributed by atoms with Crippen molar-refractivity contribution >= 4 is 5.97 Å². The summed E-state index contributed by atoms with van der Waals surface area (Å²) in [5, 5.41) is 8.37. The topological polar surface area (TPSA) is 46.5 Å². The maximum atomic E-state index is 10.2. The van der Waals surface area contributed by atoms with Crippen LogP contribution >= 0.6 is 0 Å². The smallest absolute Gasteiger partial charge is 0.309 e. The van der Waals surface area contributed by atoms with Crippen LogP contribution in [0.25, 0.3) is 0 Å². The minimum atomic E-state index is -0.728. The molecular weight excluding hydrogens is 120 g/mol. The van der Waals surface area contributed by atoms with Crippen LogP contribution in [0.5, 0.6) is 0 Å². The standard InChI is InChI=1S/C6H10O3/c1-2-9-5-3-4(5)6(7)8/h4-5H,2-3H2,1H3,(H,7,8)/t4-,5+/m0/s1. The van der Waals surface area contributed by atoms with E-state index in [0.29, 0.717) is 13.0 Å². The van der Waals surface area contributed by atoms with Crippen LogP contribution in [0.1, 0.15) is 13.3 Å². The number of carbonyl (C=O) groups is 1. The quantitative estimate of drug-likeness (QED) is 0.605. The van der Waals surface area contributed by atoms with Gasteiger partial charge in [0.25, 0.3) is 0 Å². The molecule has 52 valence electrons. The van der Waals surface area contributed by atoms with Gasteiger partial charge in [-0.15, -0.1) is 0 Å². The van der Waals surface area contributed by atoms with E-state index in [-0.39, 0.29) is 12.0 Å². The number of hydrogen-bond donors (Lipinski definition) is 1. The highest BCUT2D eigenvalue weighted by Gasteiger charge is 2.43. The lowest BCUT2D eigenvalue weighted by molar-refractivity contribution is -0.139. The zero-order valence-electron chi connectivity index (χ0n) is 5.33. The highest BCUT2D eigenvalue weighted by Crippen LogP contribution is 2.33. The second kappa shape index (κ2) is 2.35. The Hall–Kier alpha value is -0.570. The molecule has 0 aliphatic heterocycles. The van der Waals surface area contributed by atoms with Crippen LogP contribution in [-0.2, 0) is 9.53 Å². The molecular formula is C6H10O3. The third-order valence-corrected chi connectivity index (χ3v) is 1.43. The Kier molecular flexibility index (Phi) is 1.71. The van der Waals surface area contributed by atoms with Crippen molar-refractivity contribution in [1.29, 1.82) is 0 Å². The summed E-state index contributed by atoms with van der Waals surface area (Å²) in [6.45, 7) is 2.49. The first-order valence-electron chi connectivity index (χ1n) is 3.10. The van der Waals surface area contributed by atoms with E-state index in [4.69, 9.17) is 9.84 Å².